The number of nitrogens with one attached hydrogen (secondary N) is 2. The molecule has 0 unspecified atom stereocenters. The summed E-state index contributed by atoms with van der Waals surface area (Å²) in [6.45, 7) is 0. The SMILES string of the molecule is FC(F)(F)c1ccc(Nc2cn[nH]c2)cc1. The number of aromatic amines is 1. The van der Waals surface area contributed by atoms with Crippen LogP contribution < -0.4 is 5.32 Å². The maximum atomic E-state index is 12.3. The van der Waals surface area contributed by atoms with Crippen molar-refractivity contribution < 1.29 is 13.2 Å². The summed E-state index contributed by atoms with van der Waals surface area (Å²) < 4.78 is 36.8. The minimum atomic E-state index is -4.30. The Morgan fingerprint density at radius 2 is 1.75 bits per heavy atom. The zero-order valence-corrected chi connectivity index (χ0v) is 8.05. The molecule has 0 bridgehead atoms. The topological polar surface area (TPSA) is 40.7 Å². The molecule has 2 aromatic rings. The lowest BCUT2D eigenvalue weighted by Gasteiger charge is -2.08. The van der Waals surface area contributed by atoms with Crippen LogP contribution in [0.4, 0.5) is 24.5 Å². The van der Waals surface area contributed by atoms with Crippen molar-refractivity contribution in [2.75, 3.05) is 5.32 Å². The Bertz CT molecular complexity index is 445. The van der Waals surface area contributed by atoms with Crippen LogP contribution in [0.5, 0.6) is 0 Å². The maximum absolute atomic E-state index is 12.3. The van der Waals surface area contributed by atoms with Gasteiger partial charge in [0.25, 0.3) is 0 Å². The average Bonchev–Trinajstić information content (AvgIpc) is 2.70. The molecule has 3 nitrogen and oxygen atoms in total. The van der Waals surface area contributed by atoms with Gasteiger partial charge in [0.15, 0.2) is 0 Å². The second-order valence-corrected chi connectivity index (χ2v) is 3.19. The van der Waals surface area contributed by atoms with Crippen molar-refractivity contribution in [3.8, 4) is 0 Å². The molecule has 1 heterocycles. The van der Waals surface area contributed by atoms with Crippen LogP contribution in [0.25, 0.3) is 0 Å². The Hall–Kier alpha value is -1.98. The number of anilines is 2. The lowest BCUT2D eigenvalue weighted by atomic mass is 10.2. The minimum absolute atomic E-state index is 0.578. The number of benzene rings is 1. The first-order valence-electron chi connectivity index (χ1n) is 4.49. The molecule has 0 aliphatic rings. The van der Waals surface area contributed by atoms with E-state index in [4.69, 9.17) is 0 Å². The third kappa shape index (κ3) is 2.33. The first kappa shape index (κ1) is 10.5. The van der Waals surface area contributed by atoms with Crippen LogP contribution >= 0.6 is 0 Å². The Morgan fingerprint density at radius 1 is 1.06 bits per heavy atom. The summed E-state index contributed by atoms with van der Waals surface area (Å²) in [5, 5.41) is 9.20. The lowest BCUT2D eigenvalue weighted by Crippen LogP contribution is -2.04. The van der Waals surface area contributed by atoms with E-state index < -0.39 is 11.7 Å². The second-order valence-electron chi connectivity index (χ2n) is 3.19. The zero-order chi connectivity index (χ0) is 11.6. The molecule has 2 N–H and O–H groups in total. The van der Waals surface area contributed by atoms with Gasteiger partial charge in [0.1, 0.15) is 0 Å². The van der Waals surface area contributed by atoms with E-state index in [9.17, 15) is 13.2 Å². The smallest absolute Gasteiger partial charge is 0.353 e. The molecule has 0 saturated carbocycles. The molecule has 6 heteroatoms. The number of halogens is 3. The first-order chi connectivity index (χ1) is 7.55. The molecule has 0 atom stereocenters. The van der Waals surface area contributed by atoms with Gasteiger partial charge < -0.3 is 5.32 Å². The summed E-state index contributed by atoms with van der Waals surface area (Å²) in [5.41, 5.74) is 0.611. The predicted octanol–water partition coefficient (Wildman–Crippen LogP) is 3.17. The molecule has 0 spiro atoms. The fraction of sp³-hybridized carbons (Fsp3) is 0.100. The predicted molar refractivity (Wildman–Crippen MR) is 53.3 cm³/mol. The second kappa shape index (κ2) is 3.88. The Kier molecular flexibility index (Phi) is 2.55. The van der Waals surface area contributed by atoms with Gasteiger partial charge in [-0.3, -0.25) is 5.10 Å². The molecule has 2 rings (SSSR count). The maximum Gasteiger partial charge on any atom is 0.416 e. The van der Waals surface area contributed by atoms with Crippen molar-refractivity contribution in [3.05, 3.63) is 42.2 Å². The van der Waals surface area contributed by atoms with Gasteiger partial charge in [-0.15, -0.1) is 0 Å². The monoisotopic (exact) mass is 227 g/mol. The summed E-state index contributed by atoms with van der Waals surface area (Å²) in [7, 11) is 0. The Morgan fingerprint density at radius 3 is 2.25 bits per heavy atom. The van der Waals surface area contributed by atoms with Crippen molar-refractivity contribution in [2.45, 2.75) is 6.18 Å². The van der Waals surface area contributed by atoms with Crippen LogP contribution in [-0.2, 0) is 6.18 Å². The van der Waals surface area contributed by atoms with E-state index in [0.717, 1.165) is 12.1 Å². The number of hydrogen-bond donors (Lipinski definition) is 2. The van der Waals surface area contributed by atoms with Crippen molar-refractivity contribution in [1.82, 2.24) is 10.2 Å². The van der Waals surface area contributed by atoms with Gasteiger partial charge in [-0.2, -0.15) is 18.3 Å². The first-order valence-corrected chi connectivity index (χ1v) is 4.49. The zero-order valence-electron chi connectivity index (χ0n) is 8.05. The molecule has 0 aliphatic heterocycles. The number of aromatic nitrogens is 2. The van der Waals surface area contributed by atoms with Gasteiger partial charge >= 0.3 is 6.18 Å². The Balaban J connectivity index is 2.14. The fourth-order valence-corrected chi connectivity index (χ4v) is 1.23. The molecule has 0 amide bonds. The minimum Gasteiger partial charge on any atom is -0.353 e. The summed E-state index contributed by atoms with van der Waals surface area (Å²) in [6.07, 6.45) is -1.15. The Labute approximate surface area is 89.3 Å². The van der Waals surface area contributed by atoms with E-state index in [1.54, 1.807) is 6.20 Å². The normalized spacial score (nSPS) is 11.4. The number of H-pyrrole nitrogens is 1. The quantitative estimate of drug-likeness (QED) is 0.827. The fourth-order valence-electron chi connectivity index (χ4n) is 1.23. The molecular weight excluding hydrogens is 219 g/mol. The van der Waals surface area contributed by atoms with Gasteiger partial charge in [-0.25, -0.2) is 0 Å². The molecule has 0 aliphatic carbocycles. The summed E-state index contributed by atoms with van der Waals surface area (Å²) in [4.78, 5) is 0. The van der Waals surface area contributed by atoms with E-state index in [2.05, 4.69) is 15.5 Å². The van der Waals surface area contributed by atoms with E-state index in [1.165, 1.54) is 18.3 Å². The third-order valence-electron chi connectivity index (χ3n) is 2.00. The van der Waals surface area contributed by atoms with Crippen LogP contribution in [0, 0.1) is 0 Å². The van der Waals surface area contributed by atoms with Crippen molar-refractivity contribution in [2.24, 2.45) is 0 Å². The van der Waals surface area contributed by atoms with Gasteiger partial charge in [-0.05, 0) is 24.3 Å². The molecule has 0 fully saturated rings. The van der Waals surface area contributed by atoms with Gasteiger partial charge in [-0.1, -0.05) is 0 Å². The molecule has 0 saturated heterocycles. The highest BCUT2D eigenvalue weighted by molar-refractivity contribution is 5.58. The standard InChI is InChI=1S/C10H8F3N3/c11-10(12,13)7-1-3-8(4-2-7)16-9-5-14-15-6-9/h1-6,16H,(H,14,15). The highest BCUT2D eigenvalue weighted by Crippen LogP contribution is 2.30. The molecule has 1 aromatic carbocycles. The molecule has 84 valence electrons. The molecule has 16 heavy (non-hydrogen) atoms. The highest BCUT2D eigenvalue weighted by atomic mass is 19.4. The molecular formula is C10H8F3N3. The van der Waals surface area contributed by atoms with Crippen molar-refractivity contribution >= 4 is 11.4 Å². The van der Waals surface area contributed by atoms with Gasteiger partial charge in [0.2, 0.25) is 0 Å². The van der Waals surface area contributed by atoms with Crippen molar-refractivity contribution in [1.29, 1.82) is 0 Å². The average molecular weight is 227 g/mol. The third-order valence-corrected chi connectivity index (χ3v) is 2.00. The van der Waals surface area contributed by atoms with E-state index in [1.807, 2.05) is 0 Å². The van der Waals surface area contributed by atoms with E-state index in [0.29, 0.717) is 11.4 Å². The van der Waals surface area contributed by atoms with Gasteiger partial charge in [0, 0.05) is 11.9 Å². The van der Waals surface area contributed by atoms with E-state index >= 15 is 0 Å². The van der Waals surface area contributed by atoms with Crippen LogP contribution in [0.2, 0.25) is 0 Å². The summed E-state index contributed by atoms with van der Waals surface area (Å²) in [5.74, 6) is 0. The summed E-state index contributed by atoms with van der Waals surface area (Å²) in [6, 6.07) is 4.80. The van der Waals surface area contributed by atoms with Crippen LogP contribution in [0.15, 0.2) is 36.7 Å². The molecule has 0 radical (unpaired) electrons. The number of rotatable bonds is 2. The largest absolute Gasteiger partial charge is 0.416 e. The number of alkyl halides is 3. The van der Waals surface area contributed by atoms with Crippen LogP contribution in [0.3, 0.4) is 0 Å². The number of nitrogens with zero attached hydrogens (tertiary/aromatic N) is 1. The van der Waals surface area contributed by atoms with Gasteiger partial charge in [0.05, 0.1) is 17.4 Å². The van der Waals surface area contributed by atoms with Crippen LogP contribution in [-0.4, -0.2) is 10.2 Å². The highest BCUT2D eigenvalue weighted by Gasteiger charge is 2.29. The lowest BCUT2D eigenvalue weighted by molar-refractivity contribution is -0.137. The van der Waals surface area contributed by atoms with Crippen LogP contribution in [0.1, 0.15) is 5.56 Å². The van der Waals surface area contributed by atoms with E-state index in [-0.39, 0.29) is 0 Å². The summed E-state index contributed by atoms with van der Waals surface area (Å²) >= 11 is 0. The number of hydrogen-bond acceptors (Lipinski definition) is 2. The van der Waals surface area contributed by atoms with Crippen molar-refractivity contribution in [3.63, 3.8) is 0 Å². The molecule has 1 aromatic heterocycles.